The number of hydrogen-bond donors (Lipinski definition) is 1. The zero-order chi connectivity index (χ0) is 18.4. The highest BCUT2D eigenvalue weighted by Gasteiger charge is 2.38. The second kappa shape index (κ2) is 8.47. The summed E-state index contributed by atoms with van der Waals surface area (Å²) in [7, 11) is 0. The number of ether oxygens (including phenoxy) is 1. The van der Waals surface area contributed by atoms with E-state index in [-0.39, 0.29) is 12.5 Å². The first-order chi connectivity index (χ1) is 12.0. The summed E-state index contributed by atoms with van der Waals surface area (Å²) in [5.74, 6) is -2.52. The minimum absolute atomic E-state index is 0.0601. The van der Waals surface area contributed by atoms with Crippen molar-refractivity contribution in [2.75, 3.05) is 19.7 Å². The van der Waals surface area contributed by atoms with Gasteiger partial charge in [-0.3, -0.25) is 4.79 Å². The average Bonchev–Trinajstić information content (AvgIpc) is 2.61. The van der Waals surface area contributed by atoms with E-state index in [2.05, 4.69) is 0 Å². The van der Waals surface area contributed by atoms with Crippen LogP contribution in [0.4, 0.5) is 9.18 Å². The van der Waals surface area contributed by atoms with Gasteiger partial charge in [-0.1, -0.05) is 12.1 Å². The molecule has 2 atom stereocenters. The Morgan fingerprint density at radius 1 is 1.36 bits per heavy atom. The van der Waals surface area contributed by atoms with Crippen LogP contribution in [-0.4, -0.2) is 41.8 Å². The van der Waals surface area contributed by atoms with E-state index in [9.17, 15) is 19.2 Å². The molecule has 1 aromatic carbocycles. The molecule has 134 valence electrons. The zero-order valence-corrected chi connectivity index (χ0v) is 14.0. The van der Waals surface area contributed by atoms with Crippen molar-refractivity contribution in [1.82, 2.24) is 4.90 Å². The number of carbonyl (C=O) groups is 2. The standard InChI is InChI=1S/C18H21FN2O4/c1-2-25-17(22)15(11-20)16(12-3-5-14(19)6-4-12)13-7-9-21(10-8-13)18(23)24/h3-6,13,15-16H,2,7-10H2,1H3,(H,23,24). The maximum absolute atomic E-state index is 13.3. The molecule has 0 radical (unpaired) electrons. The van der Waals surface area contributed by atoms with Gasteiger partial charge in [-0.25, -0.2) is 9.18 Å². The quantitative estimate of drug-likeness (QED) is 0.826. The molecule has 1 aliphatic rings. The zero-order valence-electron chi connectivity index (χ0n) is 14.0. The molecule has 6 nitrogen and oxygen atoms in total. The van der Waals surface area contributed by atoms with Gasteiger partial charge in [0.1, 0.15) is 5.82 Å². The van der Waals surface area contributed by atoms with Gasteiger partial charge in [0.25, 0.3) is 0 Å². The van der Waals surface area contributed by atoms with E-state index in [1.165, 1.54) is 17.0 Å². The van der Waals surface area contributed by atoms with Gasteiger partial charge in [0.05, 0.1) is 12.7 Å². The molecular weight excluding hydrogens is 327 g/mol. The maximum atomic E-state index is 13.3. The topological polar surface area (TPSA) is 90.6 Å². The Morgan fingerprint density at radius 2 is 1.96 bits per heavy atom. The van der Waals surface area contributed by atoms with Crippen molar-refractivity contribution in [3.8, 4) is 6.07 Å². The van der Waals surface area contributed by atoms with Crippen molar-refractivity contribution in [2.24, 2.45) is 11.8 Å². The van der Waals surface area contributed by atoms with E-state index >= 15 is 0 Å². The van der Waals surface area contributed by atoms with Crippen molar-refractivity contribution in [3.05, 3.63) is 35.6 Å². The summed E-state index contributed by atoms with van der Waals surface area (Å²) < 4.78 is 18.3. The fourth-order valence-electron chi connectivity index (χ4n) is 3.38. The molecule has 0 aromatic heterocycles. The number of piperidine rings is 1. The number of carbonyl (C=O) groups excluding carboxylic acids is 1. The lowest BCUT2D eigenvalue weighted by Crippen LogP contribution is -2.40. The molecule has 2 unspecified atom stereocenters. The third-order valence-corrected chi connectivity index (χ3v) is 4.61. The Bertz CT molecular complexity index is 648. The Kier molecular flexibility index (Phi) is 6.34. The molecule has 1 aliphatic heterocycles. The molecular formula is C18H21FN2O4. The normalized spacial score (nSPS) is 17.4. The second-order valence-electron chi connectivity index (χ2n) is 6.04. The van der Waals surface area contributed by atoms with Crippen molar-refractivity contribution in [2.45, 2.75) is 25.7 Å². The lowest BCUT2D eigenvalue weighted by molar-refractivity contribution is -0.147. The van der Waals surface area contributed by atoms with Crippen LogP contribution in [0.2, 0.25) is 0 Å². The van der Waals surface area contributed by atoms with Gasteiger partial charge in [-0.2, -0.15) is 5.26 Å². The summed E-state index contributed by atoms with van der Waals surface area (Å²) in [5.41, 5.74) is 0.690. The van der Waals surface area contributed by atoms with Gasteiger partial charge in [-0.05, 0) is 43.4 Å². The molecule has 7 heteroatoms. The third-order valence-electron chi connectivity index (χ3n) is 4.61. The fourth-order valence-corrected chi connectivity index (χ4v) is 3.38. The summed E-state index contributed by atoms with van der Waals surface area (Å²) in [6.07, 6.45) is 0.0942. The van der Waals surface area contributed by atoms with Gasteiger partial charge >= 0.3 is 12.1 Å². The highest BCUT2D eigenvalue weighted by molar-refractivity contribution is 5.76. The monoisotopic (exact) mass is 348 g/mol. The van der Waals surface area contributed by atoms with Gasteiger partial charge in [0, 0.05) is 19.0 Å². The minimum atomic E-state index is -1.01. The number of benzene rings is 1. The van der Waals surface area contributed by atoms with Crippen LogP contribution in [0.25, 0.3) is 0 Å². The number of rotatable bonds is 5. The summed E-state index contributed by atoms with van der Waals surface area (Å²) in [5, 5.41) is 18.6. The van der Waals surface area contributed by atoms with Crippen LogP contribution < -0.4 is 0 Å². The molecule has 1 N–H and O–H groups in total. The number of carboxylic acid groups (broad SMARTS) is 1. The Labute approximate surface area is 145 Å². The molecule has 1 saturated heterocycles. The van der Waals surface area contributed by atoms with E-state index in [0.717, 1.165) is 0 Å². The third kappa shape index (κ3) is 4.47. The van der Waals surface area contributed by atoms with Crippen LogP contribution in [0.5, 0.6) is 0 Å². The molecule has 0 spiro atoms. The van der Waals surface area contributed by atoms with Gasteiger partial charge in [-0.15, -0.1) is 0 Å². The molecule has 0 aliphatic carbocycles. The lowest BCUT2D eigenvalue weighted by Gasteiger charge is -2.36. The molecule has 1 fully saturated rings. The number of amides is 1. The van der Waals surface area contributed by atoms with Gasteiger partial charge in [0.15, 0.2) is 5.92 Å². The van der Waals surface area contributed by atoms with Crippen LogP contribution in [0, 0.1) is 29.0 Å². The van der Waals surface area contributed by atoms with E-state index < -0.39 is 29.7 Å². The molecule has 1 heterocycles. The Morgan fingerprint density at radius 3 is 2.44 bits per heavy atom. The maximum Gasteiger partial charge on any atom is 0.407 e. The molecule has 0 saturated carbocycles. The number of esters is 1. The largest absolute Gasteiger partial charge is 0.465 e. The minimum Gasteiger partial charge on any atom is -0.465 e. The summed E-state index contributed by atoms with van der Waals surface area (Å²) >= 11 is 0. The summed E-state index contributed by atoms with van der Waals surface area (Å²) in [6, 6.07) is 7.79. The highest BCUT2D eigenvalue weighted by atomic mass is 19.1. The van der Waals surface area contributed by atoms with Crippen LogP contribution in [-0.2, 0) is 9.53 Å². The van der Waals surface area contributed by atoms with Gasteiger partial charge < -0.3 is 14.7 Å². The van der Waals surface area contributed by atoms with Crippen LogP contribution in [0.1, 0.15) is 31.2 Å². The van der Waals surface area contributed by atoms with E-state index in [1.807, 2.05) is 6.07 Å². The predicted molar refractivity (Wildman–Crippen MR) is 87.2 cm³/mol. The first-order valence-electron chi connectivity index (χ1n) is 8.27. The molecule has 25 heavy (non-hydrogen) atoms. The summed E-state index contributed by atoms with van der Waals surface area (Å²) in [4.78, 5) is 24.7. The number of likely N-dealkylation sites (tertiary alicyclic amines) is 1. The number of halogens is 1. The Balaban J connectivity index is 2.29. The van der Waals surface area contributed by atoms with Gasteiger partial charge in [0.2, 0.25) is 0 Å². The van der Waals surface area contributed by atoms with Crippen LogP contribution in [0.3, 0.4) is 0 Å². The predicted octanol–water partition coefficient (Wildman–Crippen LogP) is 3.00. The van der Waals surface area contributed by atoms with Crippen molar-refractivity contribution >= 4 is 12.1 Å². The molecule has 1 aromatic rings. The second-order valence-corrected chi connectivity index (χ2v) is 6.04. The average molecular weight is 348 g/mol. The number of hydrogen-bond acceptors (Lipinski definition) is 4. The first kappa shape index (κ1) is 18.7. The Hall–Kier alpha value is -2.62. The van der Waals surface area contributed by atoms with E-state index in [1.54, 1.807) is 19.1 Å². The van der Waals surface area contributed by atoms with E-state index in [0.29, 0.717) is 31.5 Å². The lowest BCUT2D eigenvalue weighted by atomic mass is 9.73. The molecule has 1 amide bonds. The van der Waals surface area contributed by atoms with Crippen molar-refractivity contribution in [3.63, 3.8) is 0 Å². The molecule has 0 bridgehead atoms. The number of nitrogens with zero attached hydrogens (tertiary/aromatic N) is 2. The first-order valence-corrected chi connectivity index (χ1v) is 8.27. The smallest absolute Gasteiger partial charge is 0.407 e. The molecule has 2 rings (SSSR count). The van der Waals surface area contributed by atoms with Crippen LogP contribution in [0.15, 0.2) is 24.3 Å². The summed E-state index contributed by atoms with van der Waals surface area (Å²) in [6.45, 7) is 2.53. The SMILES string of the molecule is CCOC(=O)C(C#N)C(c1ccc(F)cc1)C1CCN(C(=O)O)CC1. The van der Waals surface area contributed by atoms with Crippen molar-refractivity contribution in [1.29, 1.82) is 5.26 Å². The van der Waals surface area contributed by atoms with E-state index in [4.69, 9.17) is 9.84 Å². The highest BCUT2D eigenvalue weighted by Crippen LogP contribution is 2.39. The van der Waals surface area contributed by atoms with Crippen LogP contribution >= 0.6 is 0 Å². The fraction of sp³-hybridized carbons (Fsp3) is 0.500. The number of nitriles is 1. The van der Waals surface area contributed by atoms with Crippen molar-refractivity contribution < 1.29 is 23.8 Å².